The molecule has 8 nitrogen and oxygen atoms in total. The fourth-order valence-corrected chi connectivity index (χ4v) is 1.99. The first kappa shape index (κ1) is 19.8. The van der Waals surface area contributed by atoms with Crippen molar-refractivity contribution in [1.29, 1.82) is 0 Å². The van der Waals surface area contributed by atoms with Crippen molar-refractivity contribution in [3.8, 4) is 0 Å². The summed E-state index contributed by atoms with van der Waals surface area (Å²) in [7, 11) is 0. The van der Waals surface area contributed by atoms with Crippen LogP contribution in [0.5, 0.6) is 0 Å². The fourth-order valence-electron chi connectivity index (χ4n) is 1.99. The number of nitrogens with zero attached hydrogens (tertiary/aromatic N) is 2. The van der Waals surface area contributed by atoms with Crippen LogP contribution < -0.4 is 5.32 Å². The summed E-state index contributed by atoms with van der Waals surface area (Å²) in [6.07, 6.45) is -3.75. The van der Waals surface area contributed by atoms with Gasteiger partial charge in [0.15, 0.2) is 6.10 Å². The first-order valence-electron chi connectivity index (χ1n) is 7.37. The van der Waals surface area contributed by atoms with Gasteiger partial charge in [0.05, 0.1) is 21.7 Å². The Morgan fingerprint density at radius 1 is 1.30 bits per heavy atom. The Morgan fingerprint density at radius 3 is 2.56 bits per heavy atom. The number of halogens is 3. The van der Waals surface area contributed by atoms with E-state index >= 15 is 0 Å². The Hall–Kier alpha value is -3.50. The molecule has 0 bridgehead atoms. The Kier molecular flexibility index (Phi) is 5.73. The summed E-state index contributed by atoms with van der Waals surface area (Å²) in [5, 5.41) is 12.6. The molecule has 1 aromatic heterocycles. The predicted octanol–water partition coefficient (Wildman–Crippen LogP) is 3.19. The van der Waals surface area contributed by atoms with Gasteiger partial charge in [-0.25, -0.2) is 4.79 Å². The quantitative estimate of drug-likeness (QED) is 0.482. The third-order valence-electron chi connectivity index (χ3n) is 3.33. The standard InChI is InChI=1S/C16H12F3N3O5/c1-9(27-15(24)10-3-2-6-20-8-10)14(23)21-13-5-4-11(22(25)26)7-12(13)16(17,18)19/h2-9H,1H3,(H,21,23)/t9-/m0/s1. The van der Waals surface area contributed by atoms with Gasteiger partial charge in [-0.1, -0.05) is 0 Å². The lowest BCUT2D eigenvalue weighted by molar-refractivity contribution is -0.385. The summed E-state index contributed by atoms with van der Waals surface area (Å²) < 4.78 is 44.2. The van der Waals surface area contributed by atoms with Gasteiger partial charge in [0.25, 0.3) is 11.6 Å². The Labute approximate surface area is 150 Å². The van der Waals surface area contributed by atoms with Gasteiger partial charge >= 0.3 is 12.1 Å². The summed E-state index contributed by atoms with van der Waals surface area (Å²) in [4.78, 5) is 37.3. The lowest BCUT2D eigenvalue weighted by Crippen LogP contribution is -2.30. The van der Waals surface area contributed by atoms with Crippen molar-refractivity contribution in [1.82, 2.24) is 4.98 Å². The summed E-state index contributed by atoms with van der Waals surface area (Å²) in [5.41, 5.74) is -2.81. The molecule has 0 radical (unpaired) electrons. The van der Waals surface area contributed by atoms with E-state index in [1.54, 1.807) is 0 Å². The summed E-state index contributed by atoms with van der Waals surface area (Å²) in [6.45, 7) is 1.17. The van der Waals surface area contributed by atoms with E-state index in [4.69, 9.17) is 4.74 Å². The second kappa shape index (κ2) is 7.81. The molecule has 0 aliphatic heterocycles. The molecule has 0 aliphatic rings. The van der Waals surface area contributed by atoms with Gasteiger partial charge in [-0.2, -0.15) is 13.2 Å². The number of aromatic nitrogens is 1. The van der Waals surface area contributed by atoms with E-state index in [-0.39, 0.29) is 5.56 Å². The largest absolute Gasteiger partial charge is 0.449 e. The minimum atomic E-state index is -4.94. The number of carbonyl (C=O) groups excluding carboxylic acids is 2. The Bertz CT molecular complexity index is 871. The Morgan fingerprint density at radius 2 is 2.00 bits per heavy atom. The molecule has 0 fully saturated rings. The number of esters is 1. The number of nitrogens with one attached hydrogen (secondary N) is 1. The van der Waals surface area contributed by atoms with Crippen LogP contribution in [0.25, 0.3) is 0 Å². The molecule has 11 heteroatoms. The molecule has 0 saturated carbocycles. The second-order valence-electron chi connectivity index (χ2n) is 5.26. The van der Waals surface area contributed by atoms with Crippen molar-refractivity contribution in [3.05, 3.63) is 64.0 Å². The van der Waals surface area contributed by atoms with Crippen LogP contribution in [0.1, 0.15) is 22.8 Å². The van der Waals surface area contributed by atoms with E-state index in [1.165, 1.54) is 31.5 Å². The molecule has 0 aliphatic carbocycles. The van der Waals surface area contributed by atoms with Gasteiger partial charge in [-0.3, -0.25) is 19.9 Å². The van der Waals surface area contributed by atoms with Crippen molar-refractivity contribution in [2.24, 2.45) is 0 Å². The van der Waals surface area contributed by atoms with Gasteiger partial charge in [-0.15, -0.1) is 0 Å². The van der Waals surface area contributed by atoms with Crippen LogP contribution in [-0.4, -0.2) is 27.9 Å². The first-order chi connectivity index (χ1) is 12.6. The van der Waals surface area contributed by atoms with Crippen LogP contribution in [0.3, 0.4) is 0 Å². The number of rotatable bonds is 5. The molecule has 1 aromatic carbocycles. The summed E-state index contributed by atoms with van der Waals surface area (Å²) >= 11 is 0. The average molecular weight is 383 g/mol. The highest BCUT2D eigenvalue weighted by Gasteiger charge is 2.36. The number of anilines is 1. The molecule has 27 heavy (non-hydrogen) atoms. The summed E-state index contributed by atoms with van der Waals surface area (Å²) in [5.74, 6) is -1.92. The van der Waals surface area contributed by atoms with Crippen LogP contribution in [0.4, 0.5) is 24.5 Å². The number of nitro benzene ring substituents is 1. The van der Waals surface area contributed by atoms with Crippen LogP contribution in [-0.2, 0) is 15.7 Å². The van der Waals surface area contributed by atoms with Crippen LogP contribution in [0, 0.1) is 10.1 Å². The highest BCUT2D eigenvalue weighted by atomic mass is 19.4. The number of alkyl halides is 3. The number of pyridine rings is 1. The monoisotopic (exact) mass is 383 g/mol. The fraction of sp³-hybridized carbons (Fsp3) is 0.188. The normalized spacial score (nSPS) is 12.1. The van der Waals surface area contributed by atoms with E-state index in [9.17, 15) is 32.9 Å². The first-order valence-corrected chi connectivity index (χ1v) is 7.37. The van der Waals surface area contributed by atoms with Gasteiger partial charge in [0.2, 0.25) is 0 Å². The molecular weight excluding hydrogens is 371 g/mol. The molecular formula is C16H12F3N3O5. The van der Waals surface area contributed by atoms with Crippen molar-refractivity contribution in [2.75, 3.05) is 5.32 Å². The predicted molar refractivity (Wildman–Crippen MR) is 85.8 cm³/mol. The minimum absolute atomic E-state index is 0.0588. The third kappa shape index (κ3) is 5.00. The lowest BCUT2D eigenvalue weighted by atomic mass is 10.1. The number of amides is 1. The van der Waals surface area contributed by atoms with E-state index in [0.29, 0.717) is 6.07 Å². The van der Waals surface area contributed by atoms with Crippen LogP contribution in [0.15, 0.2) is 42.7 Å². The minimum Gasteiger partial charge on any atom is -0.449 e. The highest BCUT2D eigenvalue weighted by molar-refractivity contribution is 5.97. The maximum Gasteiger partial charge on any atom is 0.418 e. The average Bonchev–Trinajstić information content (AvgIpc) is 2.61. The van der Waals surface area contributed by atoms with Crippen molar-refractivity contribution in [2.45, 2.75) is 19.2 Å². The smallest absolute Gasteiger partial charge is 0.418 e. The van der Waals surface area contributed by atoms with E-state index in [0.717, 1.165) is 12.1 Å². The molecule has 2 aromatic rings. The number of benzene rings is 1. The van der Waals surface area contributed by atoms with E-state index in [2.05, 4.69) is 4.98 Å². The van der Waals surface area contributed by atoms with Crippen molar-refractivity contribution in [3.63, 3.8) is 0 Å². The molecule has 1 N–H and O–H groups in total. The zero-order valence-corrected chi connectivity index (χ0v) is 13.7. The molecule has 0 unspecified atom stereocenters. The van der Waals surface area contributed by atoms with E-state index in [1.807, 2.05) is 5.32 Å². The number of carbonyl (C=O) groups is 2. The highest BCUT2D eigenvalue weighted by Crippen LogP contribution is 2.37. The number of nitro groups is 1. The lowest BCUT2D eigenvalue weighted by Gasteiger charge is -2.16. The zero-order valence-electron chi connectivity index (χ0n) is 13.7. The van der Waals surface area contributed by atoms with Gasteiger partial charge in [-0.05, 0) is 25.1 Å². The zero-order chi connectivity index (χ0) is 20.2. The molecule has 0 spiro atoms. The summed E-state index contributed by atoms with van der Waals surface area (Å²) in [6, 6.07) is 4.74. The van der Waals surface area contributed by atoms with E-state index < -0.39 is 46.0 Å². The van der Waals surface area contributed by atoms with Crippen LogP contribution >= 0.6 is 0 Å². The number of hydrogen-bond donors (Lipinski definition) is 1. The maximum atomic E-state index is 13.1. The molecule has 142 valence electrons. The third-order valence-corrected chi connectivity index (χ3v) is 3.33. The van der Waals surface area contributed by atoms with Crippen molar-refractivity contribution >= 4 is 23.3 Å². The molecule has 1 heterocycles. The molecule has 0 saturated heterocycles. The topological polar surface area (TPSA) is 111 Å². The number of non-ortho nitro benzene ring substituents is 1. The van der Waals surface area contributed by atoms with Crippen LogP contribution in [0.2, 0.25) is 0 Å². The maximum absolute atomic E-state index is 13.1. The van der Waals surface area contributed by atoms with Gasteiger partial charge < -0.3 is 10.1 Å². The number of ether oxygens (including phenoxy) is 1. The Balaban J connectivity index is 2.17. The van der Waals surface area contributed by atoms with Gasteiger partial charge in [0.1, 0.15) is 0 Å². The SMILES string of the molecule is C[C@H](OC(=O)c1cccnc1)C(=O)Nc1ccc([N+](=O)[O-])cc1C(F)(F)F. The molecule has 1 atom stereocenters. The second-order valence-corrected chi connectivity index (χ2v) is 5.26. The van der Waals surface area contributed by atoms with Gasteiger partial charge in [0, 0.05) is 24.5 Å². The van der Waals surface area contributed by atoms with Crippen molar-refractivity contribution < 1.29 is 32.4 Å². The number of hydrogen-bond acceptors (Lipinski definition) is 6. The molecule has 1 amide bonds. The molecule has 2 rings (SSSR count).